The first kappa shape index (κ1) is 17.1. The number of hydrogen-bond acceptors (Lipinski definition) is 5. The highest BCUT2D eigenvalue weighted by Gasteiger charge is 2.16. The summed E-state index contributed by atoms with van der Waals surface area (Å²) in [5, 5.41) is 9.89. The van der Waals surface area contributed by atoms with Crippen molar-refractivity contribution in [3.8, 4) is 17.1 Å². The third-order valence-corrected chi connectivity index (χ3v) is 4.59. The largest absolute Gasteiger partial charge is 0.394 e. The van der Waals surface area contributed by atoms with Crippen molar-refractivity contribution < 1.29 is 5.11 Å². The summed E-state index contributed by atoms with van der Waals surface area (Å²) in [6.45, 7) is 3.65. The minimum Gasteiger partial charge on any atom is -0.394 e. The fourth-order valence-corrected chi connectivity index (χ4v) is 2.97. The lowest BCUT2D eigenvalue weighted by molar-refractivity contribution is 0.236. The number of benzene rings is 1. The van der Waals surface area contributed by atoms with Crippen molar-refractivity contribution in [1.82, 2.24) is 24.1 Å². The van der Waals surface area contributed by atoms with Crippen LogP contribution < -0.4 is 5.56 Å². The second kappa shape index (κ2) is 6.77. The smallest absolute Gasteiger partial charge is 0.261 e. The fraction of sp³-hybridized carbons (Fsp3) is 0.200. The third kappa shape index (κ3) is 3.02. The summed E-state index contributed by atoms with van der Waals surface area (Å²) in [4.78, 5) is 26.3. The van der Waals surface area contributed by atoms with Gasteiger partial charge in [0.15, 0.2) is 5.82 Å². The molecule has 4 rings (SSSR count). The van der Waals surface area contributed by atoms with Gasteiger partial charge < -0.3 is 5.11 Å². The van der Waals surface area contributed by atoms with Crippen molar-refractivity contribution in [2.75, 3.05) is 6.61 Å². The molecule has 0 aliphatic heterocycles. The zero-order valence-electron chi connectivity index (χ0n) is 15.1. The van der Waals surface area contributed by atoms with Crippen molar-refractivity contribution in [2.24, 2.45) is 0 Å². The number of aliphatic hydroxyl groups excluding tert-OH is 1. The summed E-state index contributed by atoms with van der Waals surface area (Å²) >= 11 is 0. The van der Waals surface area contributed by atoms with Gasteiger partial charge in [0.25, 0.3) is 5.56 Å². The van der Waals surface area contributed by atoms with E-state index in [1.54, 1.807) is 36.3 Å². The van der Waals surface area contributed by atoms with Gasteiger partial charge in [-0.25, -0.2) is 15.0 Å². The average Bonchev–Trinajstić information content (AvgIpc) is 3.22. The number of imidazole rings is 1. The Kier molecular flexibility index (Phi) is 4.29. The lowest BCUT2D eigenvalue weighted by Gasteiger charge is -2.14. The van der Waals surface area contributed by atoms with Gasteiger partial charge in [0.2, 0.25) is 0 Å². The van der Waals surface area contributed by atoms with Gasteiger partial charge in [-0.15, -0.1) is 0 Å². The fourth-order valence-electron chi connectivity index (χ4n) is 2.97. The van der Waals surface area contributed by atoms with Crippen LogP contribution in [-0.4, -0.2) is 35.8 Å². The maximum absolute atomic E-state index is 13.0. The van der Waals surface area contributed by atoms with Crippen LogP contribution in [0.5, 0.6) is 0 Å². The van der Waals surface area contributed by atoms with Gasteiger partial charge >= 0.3 is 0 Å². The quantitative estimate of drug-likeness (QED) is 0.604. The van der Waals surface area contributed by atoms with Crippen LogP contribution in [0.3, 0.4) is 0 Å². The third-order valence-electron chi connectivity index (χ3n) is 4.59. The van der Waals surface area contributed by atoms with Gasteiger partial charge in [0.05, 0.1) is 30.1 Å². The van der Waals surface area contributed by atoms with Crippen LogP contribution in [0.4, 0.5) is 0 Å². The molecule has 7 heteroatoms. The molecule has 0 aliphatic carbocycles. The maximum atomic E-state index is 13.0. The molecule has 0 saturated heterocycles. The van der Waals surface area contributed by atoms with E-state index >= 15 is 0 Å². The molecular weight excluding hydrogens is 342 g/mol. The van der Waals surface area contributed by atoms with Crippen molar-refractivity contribution >= 4 is 10.9 Å². The van der Waals surface area contributed by atoms with E-state index in [0.717, 1.165) is 11.1 Å². The number of aromatic nitrogens is 5. The van der Waals surface area contributed by atoms with Crippen LogP contribution in [0.25, 0.3) is 28.0 Å². The molecule has 1 N–H and O–H groups in total. The molecule has 0 bridgehead atoms. The van der Waals surface area contributed by atoms with Crippen molar-refractivity contribution in [3.63, 3.8) is 0 Å². The van der Waals surface area contributed by atoms with E-state index in [9.17, 15) is 9.90 Å². The first-order valence-corrected chi connectivity index (χ1v) is 8.66. The Morgan fingerprint density at radius 3 is 2.63 bits per heavy atom. The number of aliphatic hydroxyl groups is 1. The summed E-state index contributed by atoms with van der Waals surface area (Å²) in [7, 11) is 0. The maximum Gasteiger partial charge on any atom is 0.261 e. The Bertz CT molecular complexity index is 1150. The van der Waals surface area contributed by atoms with E-state index in [1.165, 1.54) is 10.9 Å². The normalized spacial score (nSPS) is 12.4. The van der Waals surface area contributed by atoms with Crippen LogP contribution in [-0.2, 0) is 0 Å². The molecule has 0 unspecified atom stereocenters. The summed E-state index contributed by atoms with van der Waals surface area (Å²) in [6.07, 6.45) is 6.51. The highest BCUT2D eigenvalue weighted by atomic mass is 16.3. The number of aryl methyl sites for hydroxylation is 1. The lowest BCUT2D eigenvalue weighted by atomic mass is 10.1. The second-order valence-corrected chi connectivity index (χ2v) is 6.55. The molecule has 4 aromatic rings. The standard InChI is InChI=1S/C20H19N5O2/c1-13-3-5-15(6-4-13)17-9-16-18(19(23-17)24-8-7-21-11-24)22-12-25(20(16)27)14(2)10-26/h3-9,11-12,14,26H,10H2,1-2H3/t14-/m0/s1. The number of hydrogen-bond donors (Lipinski definition) is 1. The molecule has 0 amide bonds. The minimum atomic E-state index is -0.359. The molecule has 0 spiro atoms. The van der Waals surface area contributed by atoms with Crippen molar-refractivity contribution in [1.29, 1.82) is 0 Å². The number of fused-ring (bicyclic) bond motifs is 1. The molecule has 1 aromatic carbocycles. The first-order chi connectivity index (χ1) is 13.1. The SMILES string of the molecule is Cc1ccc(-c2cc3c(=O)n([C@@H](C)CO)cnc3c(-n3ccnc3)n2)cc1. The van der Waals surface area contributed by atoms with Gasteiger partial charge in [-0.2, -0.15) is 0 Å². The van der Waals surface area contributed by atoms with Gasteiger partial charge in [0, 0.05) is 18.0 Å². The molecule has 3 aromatic heterocycles. The van der Waals surface area contributed by atoms with Crippen molar-refractivity contribution in [2.45, 2.75) is 19.9 Å². The van der Waals surface area contributed by atoms with Gasteiger partial charge in [-0.1, -0.05) is 29.8 Å². The zero-order chi connectivity index (χ0) is 19.0. The number of pyridine rings is 1. The van der Waals surface area contributed by atoms with E-state index in [4.69, 9.17) is 4.98 Å². The summed E-state index contributed by atoms with van der Waals surface area (Å²) in [5.41, 5.74) is 3.03. The van der Waals surface area contributed by atoms with Crippen molar-refractivity contribution in [3.05, 3.63) is 71.3 Å². The van der Waals surface area contributed by atoms with Gasteiger partial charge in [-0.05, 0) is 19.9 Å². The Labute approximate surface area is 155 Å². The number of nitrogens with zero attached hydrogens (tertiary/aromatic N) is 5. The molecule has 0 radical (unpaired) electrons. The average molecular weight is 361 g/mol. The van der Waals surface area contributed by atoms with Crippen LogP contribution in [0, 0.1) is 6.92 Å². The van der Waals surface area contributed by atoms with E-state index in [-0.39, 0.29) is 18.2 Å². The van der Waals surface area contributed by atoms with Crippen LogP contribution in [0.15, 0.2) is 60.2 Å². The zero-order valence-corrected chi connectivity index (χ0v) is 15.1. The second-order valence-electron chi connectivity index (χ2n) is 6.55. The van der Waals surface area contributed by atoms with Crippen LogP contribution in [0.2, 0.25) is 0 Å². The highest BCUT2D eigenvalue weighted by molar-refractivity contribution is 5.87. The first-order valence-electron chi connectivity index (χ1n) is 8.66. The van der Waals surface area contributed by atoms with E-state index in [1.807, 2.05) is 31.2 Å². The molecular formula is C20H19N5O2. The highest BCUT2D eigenvalue weighted by Crippen LogP contribution is 2.24. The monoisotopic (exact) mass is 361 g/mol. The Hall–Kier alpha value is -3.32. The minimum absolute atomic E-state index is 0.141. The molecule has 0 aliphatic rings. The van der Waals surface area contributed by atoms with Crippen LogP contribution in [0.1, 0.15) is 18.5 Å². The molecule has 3 heterocycles. The van der Waals surface area contributed by atoms with E-state index in [0.29, 0.717) is 22.4 Å². The van der Waals surface area contributed by atoms with Gasteiger partial charge in [-0.3, -0.25) is 13.9 Å². The Morgan fingerprint density at radius 1 is 1.19 bits per heavy atom. The summed E-state index contributed by atoms with van der Waals surface area (Å²) in [6, 6.07) is 9.37. The summed E-state index contributed by atoms with van der Waals surface area (Å²) < 4.78 is 3.19. The summed E-state index contributed by atoms with van der Waals surface area (Å²) in [5.74, 6) is 0.543. The van der Waals surface area contributed by atoms with E-state index in [2.05, 4.69) is 9.97 Å². The Morgan fingerprint density at radius 2 is 1.96 bits per heavy atom. The molecule has 136 valence electrons. The molecule has 1 atom stereocenters. The molecule has 27 heavy (non-hydrogen) atoms. The van der Waals surface area contributed by atoms with Gasteiger partial charge in [0.1, 0.15) is 11.8 Å². The van der Waals surface area contributed by atoms with E-state index < -0.39 is 0 Å². The lowest BCUT2D eigenvalue weighted by Crippen LogP contribution is -2.26. The number of rotatable bonds is 4. The topological polar surface area (TPSA) is 85.8 Å². The molecule has 7 nitrogen and oxygen atoms in total. The predicted octanol–water partition coefficient (Wildman–Crippen LogP) is 2.51. The molecule has 0 fully saturated rings. The predicted molar refractivity (Wildman–Crippen MR) is 103 cm³/mol. The van der Waals surface area contributed by atoms with Crippen LogP contribution >= 0.6 is 0 Å². The Balaban J connectivity index is 2.04. The molecule has 0 saturated carbocycles.